The zero-order valence-electron chi connectivity index (χ0n) is 11.7. The number of para-hydroxylation sites is 1. The molecule has 0 unspecified atom stereocenters. The first-order chi connectivity index (χ1) is 10.4. The van der Waals surface area contributed by atoms with Crippen LogP contribution in [0, 0.1) is 0 Å². The van der Waals surface area contributed by atoms with E-state index >= 15 is 0 Å². The normalized spacial score (nSPS) is 10.7. The predicted octanol–water partition coefficient (Wildman–Crippen LogP) is 5.60. The summed E-state index contributed by atoms with van der Waals surface area (Å²) < 4.78 is 0. The van der Waals surface area contributed by atoms with Gasteiger partial charge in [-0.2, -0.15) is 0 Å². The van der Waals surface area contributed by atoms with E-state index in [9.17, 15) is 0 Å². The molecule has 3 aromatic carbocycles. The van der Waals surface area contributed by atoms with Crippen LogP contribution in [0.1, 0.15) is 11.1 Å². The summed E-state index contributed by atoms with van der Waals surface area (Å²) in [6.45, 7) is 0. The molecule has 0 amide bonds. The van der Waals surface area contributed by atoms with Gasteiger partial charge in [-0.1, -0.05) is 72.8 Å². The van der Waals surface area contributed by atoms with Crippen molar-refractivity contribution in [2.75, 3.05) is 5.32 Å². The highest BCUT2D eigenvalue weighted by atomic mass is 14.9. The lowest BCUT2D eigenvalue weighted by molar-refractivity contribution is 1.54. The molecule has 0 radical (unpaired) electrons. The summed E-state index contributed by atoms with van der Waals surface area (Å²) in [5.74, 6) is 0. The molecule has 102 valence electrons. The van der Waals surface area contributed by atoms with E-state index < -0.39 is 0 Å². The largest absolute Gasteiger partial charge is 0.356 e. The van der Waals surface area contributed by atoms with Gasteiger partial charge in [-0.25, -0.2) is 0 Å². The third-order valence-electron chi connectivity index (χ3n) is 3.24. The van der Waals surface area contributed by atoms with Gasteiger partial charge in [-0.05, 0) is 35.4 Å². The molecule has 0 atom stereocenters. The molecule has 1 heteroatoms. The first-order valence-electron chi connectivity index (χ1n) is 7.05. The fourth-order valence-electron chi connectivity index (χ4n) is 2.12. The van der Waals surface area contributed by atoms with Crippen LogP contribution in [-0.4, -0.2) is 0 Å². The highest BCUT2D eigenvalue weighted by Crippen LogP contribution is 2.17. The number of nitrogens with one attached hydrogen (secondary N) is 1. The van der Waals surface area contributed by atoms with E-state index in [1.807, 2.05) is 36.4 Å². The summed E-state index contributed by atoms with van der Waals surface area (Å²) in [5.41, 5.74) is 4.60. The maximum atomic E-state index is 3.38. The number of hydrogen-bond donors (Lipinski definition) is 1. The molecule has 0 aliphatic rings. The third-order valence-corrected chi connectivity index (χ3v) is 3.24. The van der Waals surface area contributed by atoms with Crippen molar-refractivity contribution < 1.29 is 0 Å². The van der Waals surface area contributed by atoms with Crippen LogP contribution >= 0.6 is 0 Å². The Bertz CT molecular complexity index is 698. The first kappa shape index (κ1) is 13.2. The highest BCUT2D eigenvalue weighted by molar-refractivity contribution is 5.71. The molecule has 3 rings (SSSR count). The van der Waals surface area contributed by atoms with Crippen LogP contribution in [0.15, 0.2) is 84.9 Å². The van der Waals surface area contributed by atoms with Crippen LogP contribution in [0.25, 0.3) is 12.2 Å². The van der Waals surface area contributed by atoms with E-state index in [0.29, 0.717) is 0 Å². The first-order valence-corrected chi connectivity index (χ1v) is 7.05. The Kier molecular flexibility index (Phi) is 4.13. The van der Waals surface area contributed by atoms with Crippen molar-refractivity contribution in [2.45, 2.75) is 0 Å². The smallest absolute Gasteiger partial charge is 0.0384 e. The van der Waals surface area contributed by atoms with Crippen LogP contribution in [0.4, 0.5) is 11.4 Å². The van der Waals surface area contributed by atoms with Crippen LogP contribution in [0.3, 0.4) is 0 Å². The van der Waals surface area contributed by atoms with Gasteiger partial charge in [0.25, 0.3) is 0 Å². The van der Waals surface area contributed by atoms with E-state index in [2.05, 4.69) is 66.0 Å². The monoisotopic (exact) mass is 271 g/mol. The van der Waals surface area contributed by atoms with Crippen LogP contribution in [0.5, 0.6) is 0 Å². The molecule has 0 saturated heterocycles. The molecule has 0 heterocycles. The lowest BCUT2D eigenvalue weighted by Crippen LogP contribution is -1.88. The second-order valence-electron chi connectivity index (χ2n) is 4.86. The Morgan fingerprint density at radius 3 is 1.57 bits per heavy atom. The van der Waals surface area contributed by atoms with Crippen molar-refractivity contribution in [2.24, 2.45) is 0 Å². The van der Waals surface area contributed by atoms with Gasteiger partial charge in [0.05, 0.1) is 0 Å². The molecule has 1 nitrogen and oxygen atoms in total. The quantitative estimate of drug-likeness (QED) is 0.609. The van der Waals surface area contributed by atoms with E-state index in [-0.39, 0.29) is 0 Å². The highest BCUT2D eigenvalue weighted by Gasteiger charge is 1.93. The van der Waals surface area contributed by atoms with Gasteiger partial charge < -0.3 is 5.32 Å². The molecule has 0 aliphatic heterocycles. The summed E-state index contributed by atoms with van der Waals surface area (Å²) in [6.07, 6.45) is 4.25. The zero-order chi connectivity index (χ0) is 14.3. The van der Waals surface area contributed by atoms with E-state index in [1.54, 1.807) is 0 Å². The van der Waals surface area contributed by atoms with Crippen molar-refractivity contribution in [3.63, 3.8) is 0 Å². The van der Waals surface area contributed by atoms with Crippen molar-refractivity contribution in [3.05, 3.63) is 96.1 Å². The Labute approximate surface area is 125 Å². The summed E-state index contributed by atoms with van der Waals surface area (Å²) >= 11 is 0. The van der Waals surface area contributed by atoms with Crippen LogP contribution in [-0.2, 0) is 0 Å². The molecule has 0 aliphatic carbocycles. The molecular weight excluding hydrogens is 254 g/mol. The van der Waals surface area contributed by atoms with Crippen molar-refractivity contribution in [1.82, 2.24) is 0 Å². The van der Waals surface area contributed by atoms with E-state index in [1.165, 1.54) is 11.1 Å². The van der Waals surface area contributed by atoms with Gasteiger partial charge in [0.2, 0.25) is 0 Å². The Hall–Kier alpha value is -2.80. The minimum absolute atomic E-state index is 1.10. The Morgan fingerprint density at radius 2 is 0.952 bits per heavy atom. The number of hydrogen-bond acceptors (Lipinski definition) is 1. The molecule has 21 heavy (non-hydrogen) atoms. The number of rotatable bonds is 4. The minimum Gasteiger partial charge on any atom is -0.356 e. The molecule has 0 saturated carbocycles. The molecular formula is C20H17N. The summed E-state index contributed by atoms with van der Waals surface area (Å²) in [5, 5.41) is 3.38. The number of benzene rings is 3. The average Bonchev–Trinajstić information content (AvgIpc) is 2.56. The van der Waals surface area contributed by atoms with Gasteiger partial charge in [0, 0.05) is 11.4 Å². The zero-order valence-corrected chi connectivity index (χ0v) is 11.7. The second kappa shape index (κ2) is 6.58. The number of anilines is 2. The Morgan fingerprint density at radius 1 is 0.476 bits per heavy atom. The van der Waals surface area contributed by atoms with Crippen LogP contribution < -0.4 is 5.32 Å². The summed E-state index contributed by atoms with van der Waals surface area (Å²) in [4.78, 5) is 0. The lowest BCUT2D eigenvalue weighted by atomic mass is 10.1. The maximum Gasteiger partial charge on any atom is 0.0384 e. The minimum atomic E-state index is 1.10. The fourth-order valence-corrected chi connectivity index (χ4v) is 2.12. The van der Waals surface area contributed by atoms with E-state index in [0.717, 1.165) is 11.4 Å². The van der Waals surface area contributed by atoms with Gasteiger partial charge >= 0.3 is 0 Å². The van der Waals surface area contributed by atoms with Gasteiger partial charge in [0.1, 0.15) is 0 Å². The summed E-state index contributed by atoms with van der Waals surface area (Å²) in [7, 11) is 0. The van der Waals surface area contributed by atoms with Gasteiger partial charge in [-0.3, -0.25) is 0 Å². The molecule has 3 aromatic rings. The van der Waals surface area contributed by atoms with Crippen molar-refractivity contribution >= 4 is 23.5 Å². The summed E-state index contributed by atoms with van der Waals surface area (Å²) in [6, 6.07) is 28.9. The topological polar surface area (TPSA) is 12.0 Å². The van der Waals surface area contributed by atoms with E-state index in [4.69, 9.17) is 0 Å². The molecule has 0 aromatic heterocycles. The fraction of sp³-hybridized carbons (Fsp3) is 0. The van der Waals surface area contributed by atoms with Crippen LogP contribution in [0.2, 0.25) is 0 Å². The average molecular weight is 271 g/mol. The second-order valence-corrected chi connectivity index (χ2v) is 4.86. The SMILES string of the molecule is C(=C\c1ccc(Nc2ccccc2)cc1)/c1ccccc1. The molecule has 0 bridgehead atoms. The maximum absolute atomic E-state index is 3.38. The Balaban J connectivity index is 1.68. The molecule has 0 fully saturated rings. The standard InChI is InChI=1S/C20H17N/c1-3-7-17(8-4-1)11-12-18-13-15-20(16-14-18)21-19-9-5-2-6-10-19/h1-16,21H/b12-11+. The van der Waals surface area contributed by atoms with Gasteiger partial charge in [-0.15, -0.1) is 0 Å². The molecule has 1 N–H and O–H groups in total. The third kappa shape index (κ3) is 3.83. The predicted molar refractivity (Wildman–Crippen MR) is 91.5 cm³/mol. The molecule has 0 spiro atoms. The van der Waals surface area contributed by atoms with Crippen molar-refractivity contribution in [3.8, 4) is 0 Å². The van der Waals surface area contributed by atoms with Crippen molar-refractivity contribution in [1.29, 1.82) is 0 Å². The lowest BCUT2D eigenvalue weighted by Gasteiger charge is -2.06. The van der Waals surface area contributed by atoms with Gasteiger partial charge in [0.15, 0.2) is 0 Å².